The standard InChI is InChI=1S/C24H25N3O9/c25-24(26)27-15-5-7-17-19(12-15)34-8-9-35-21-13(2-1-3-18(21)36-23(17)33)4-6-16(28)10-14(22(31)32)11-20(29)30/h1-3,5,7,12,14H,4,6,8-11H2,(H,29,30)(H,31,32)(H4,25,26,27). The fourth-order valence-electron chi connectivity index (χ4n) is 3.58. The normalized spacial score (nSPS) is 13.5. The molecule has 0 amide bonds. The summed E-state index contributed by atoms with van der Waals surface area (Å²) in [6.07, 6.45) is -0.933. The molecule has 0 spiro atoms. The molecule has 0 aromatic heterocycles. The van der Waals surface area contributed by atoms with Crippen LogP contribution in [-0.4, -0.2) is 53.1 Å². The highest BCUT2D eigenvalue weighted by atomic mass is 16.6. The van der Waals surface area contributed by atoms with Gasteiger partial charge < -0.3 is 35.9 Å². The molecule has 2 aromatic rings. The maximum absolute atomic E-state index is 12.9. The van der Waals surface area contributed by atoms with Crippen LogP contribution in [0.2, 0.25) is 0 Å². The number of nitrogens with zero attached hydrogens (tertiary/aromatic N) is 1. The van der Waals surface area contributed by atoms with Crippen LogP contribution >= 0.6 is 0 Å². The Balaban J connectivity index is 1.77. The number of ketones is 1. The second-order valence-corrected chi connectivity index (χ2v) is 7.92. The quantitative estimate of drug-likeness (QED) is 0.169. The number of hydrogen-bond acceptors (Lipinski definition) is 8. The third-order valence-corrected chi connectivity index (χ3v) is 5.21. The summed E-state index contributed by atoms with van der Waals surface area (Å²) in [4.78, 5) is 51.3. The van der Waals surface area contributed by atoms with E-state index in [1.165, 1.54) is 18.2 Å². The number of fused-ring (bicyclic) bond motifs is 2. The van der Waals surface area contributed by atoms with E-state index in [1.54, 1.807) is 18.2 Å². The van der Waals surface area contributed by atoms with Crippen LogP contribution in [0, 0.1) is 5.92 Å². The summed E-state index contributed by atoms with van der Waals surface area (Å²) in [5.41, 5.74) is 11.9. The van der Waals surface area contributed by atoms with E-state index in [2.05, 4.69) is 4.99 Å². The second-order valence-electron chi connectivity index (χ2n) is 7.92. The van der Waals surface area contributed by atoms with E-state index < -0.39 is 42.5 Å². The Kier molecular flexibility index (Phi) is 8.44. The molecule has 0 fully saturated rings. The first-order valence-electron chi connectivity index (χ1n) is 10.9. The number of esters is 1. The number of aryl methyl sites for hydroxylation is 1. The number of para-hydroxylation sites is 1. The Hall–Kier alpha value is -4.61. The molecule has 12 heteroatoms. The smallest absolute Gasteiger partial charge is 0.347 e. The molecule has 6 N–H and O–H groups in total. The van der Waals surface area contributed by atoms with E-state index in [0.717, 1.165) is 0 Å². The monoisotopic (exact) mass is 499 g/mol. The van der Waals surface area contributed by atoms with Crippen molar-refractivity contribution < 1.29 is 43.6 Å². The van der Waals surface area contributed by atoms with Crippen LogP contribution in [-0.2, 0) is 20.8 Å². The number of aliphatic carboxylic acids is 2. The van der Waals surface area contributed by atoms with Crippen molar-refractivity contribution in [2.24, 2.45) is 22.4 Å². The third kappa shape index (κ3) is 6.95. The van der Waals surface area contributed by atoms with Gasteiger partial charge in [0.1, 0.15) is 30.3 Å². The Morgan fingerprint density at radius 1 is 1.00 bits per heavy atom. The van der Waals surface area contributed by atoms with Gasteiger partial charge in [-0.25, -0.2) is 9.79 Å². The van der Waals surface area contributed by atoms with Gasteiger partial charge in [-0.15, -0.1) is 0 Å². The third-order valence-electron chi connectivity index (χ3n) is 5.21. The summed E-state index contributed by atoms with van der Waals surface area (Å²) in [5.74, 6) is -4.61. The minimum Gasteiger partial charge on any atom is -0.489 e. The van der Waals surface area contributed by atoms with E-state index in [9.17, 15) is 19.2 Å². The molecule has 1 unspecified atom stereocenters. The summed E-state index contributed by atoms with van der Waals surface area (Å²) in [6, 6.07) is 9.36. The van der Waals surface area contributed by atoms with Gasteiger partial charge in [-0.1, -0.05) is 12.1 Å². The topological polar surface area (TPSA) is 201 Å². The van der Waals surface area contributed by atoms with Gasteiger partial charge in [-0.3, -0.25) is 14.4 Å². The maximum atomic E-state index is 12.9. The van der Waals surface area contributed by atoms with Crippen molar-refractivity contribution in [2.75, 3.05) is 13.2 Å². The lowest BCUT2D eigenvalue weighted by Crippen LogP contribution is -2.22. The van der Waals surface area contributed by atoms with Gasteiger partial charge in [-0.05, 0) is 30.2 Å². The maximum Gasteiger partial charge on any atom is 0.347 e. The van der Waals surface area contributed by atoms with Gasteiger partial charge in [0.05, 0.1) is 18.0 Å². The number of aliphatic imine (C=N–C) groups is 1. The van der Waals surface area contributed by atoms with E-state index in [0.29, 0.717) is 11.3 Å². The molecular weight excluding hydrogens is 474 g/mol. The predicted octanol–water partition coefficient (Wildman–Crippen LogP) is 1.65. The molecule has 0 saturated heterocycles. The Morgan fingerprint density at radius 2 is 1.75 bits per heavy atom. The highest BCUT2D eigenvalue weighted by Crippen LogP contribution is 2.35. The van der Waals surface area contributed by atoms with Gasteiger partial charge in [-0.2, -0.15) is 0 Å². The number of rotatable bonds is 9. The zero-order valence-electron chi connectivity index (χ0n) is 19.1. The molecule has 1 heterocycles. The van der Waals surface area contributed by atoms with Gasteiger partial charge in [0.2, 0.25) is 0 Å². The number of hydrogen-bond donors (Lipinski definition) is 4. The SMILES string of the molecule is NC(N)=Nc1ccc2c(c1)OCCOc1c(CCC(=O)CC(CC(=O)O)C(=O)O)cccc1OC2=O. The summed E-state index contributed by atoms with van der Waals surface area (Å²) in [6.45, 7) is 0.162. The molecule has 0 saturated carbocycles. The molecule has 1 aliphatic heterocycles. The fraction of sp³-hybridized carbons (Fsp3) is 0.292. The van der Waals surface area contributed by atoms with Gasteiger partial charge >= 0.3 is 17.9 Å². The predicted molar refractivity (Wildman–Crippen MR) is 126 cm³/mol. The Labute approximate surface area is 205 Å². The molecule has 0 aliphatic carbocycles. The number of ether oxygens (including phenoxy) is 3. The van der Waals surface area contributed by atoms with Crippen LogP contribution in [0.3, 0.4) is 0 Å². The number of carbonyl (C=O) groups is 4. The van der Waals surface area contributed by atoms with Crippen molar-refractivity contribution in [2.45, 2.75) is 25.7 Å². The van der Waals surface area contributed by atoms with Crippen molar-refractivity contribution in [1.82, 2.24) is 0 Å². The van der Waals surface area contributed by atoms with Crippen LogP contribution < -0.4 is 25.7 Å². The average molecular weight is 499 g/mol. The first-order valence-corrected chi connectivity index (χ1v) is 10.9. The highest BCUT2D eigenvalue weighted by Gasteiger charge is 2.25. The second kappa shape index (κ2) is 11.7. The molecule has 2 aromatic carbocycles. The Morgan fingerprint density at radius 3 is 2.44 bits per heavy atom. The number of carboxylic acid groups (broad SMARTS) is 2. The molecule has 0 radical (unpaired) electrons. The summed E-state index contributed by atoms with van der Waals surface area (Å²) >= 11 is 0. The number of Topliss-reactive ketones (excluding diaryl/α,β-unsaturated/α-hetero) is 1. The number of benzene rings is 2. The number of guanidine groups is 1. The first kappa shape index (κ1) is 26.0. The first-order chi connectivity index (χ1) is 17.1. The number of carboxylic acids is 2. The van der Waals surface area contributed by atoms with Gasteiger partial charge in [0, 0.05) is 18.9 Å². The van der Waals surface area contributed by atoms with E-state index in [1.807, 2.05) is 0 Å². The summed E-state index contributed by atoms with van der Waals surface area (Å²) < 4.78 is 17.0. The van der Waals surface area contributed by atoms with Crippen molar-refractivity contribution in [3.8, 4) is 17.2 Å². The van der Waals surface area contributed by atoms with Crippen LogP contribution in [0.1, 0.15) is 35.2 Å². The minimum atomic E-state index is -1.34. The van der Waals surface area contributed by atoms with Crippen LogP contribution in [0.15, 0.2) is 41.4 Å². The summed E-state index contributed by atoms with van der Waals surface area (Å²) in [5, 5.41) is 18.0. The Bertz CT molecular complexity index is 1210. The van der Waals surface area contributed by atoms with E-state index in [-0.39, 0.29) is 54.8 Å². The molecule has 36 heavy (non-hydrogen) atoms. The lowest BCUT2D eigenvalue weighted by Gasteiger charge is -2.19. The van der Waals surface area contributed by atoms with Crippen LogP contribution in [0.5, 0.6) is 17.2 Å². The average Bonchev–Trinajstić information content (AvgIpc) is 2.80. The summed E-state index contributed by atoms with van der Waals surface area (Å²) in [7, 11) is 0. The van der Waals surface area contributed by atoms with Gasteiger partial charge in [0.25, 0.3) is 0 Å². The minimum absolute atomic E-state index is 0.0515. The molecule has 3 rings (SSSR count). The highest BCUT2D eigenvalue weighted by molar-refractivity contribution is 5.95. The lowest BCUT2D eigenvalue weighted by atomic mass is 9.95. The zero-order valence-corrected chi connectivity index (χ0v) is 19.1. The number of carbonyl (C=O) groups excluding carboxylic acids is 2. The van der Waals surface area contributed by atoms with Crippen LogP contribution in [0.4, 0.5) is 5.69 Å². The van der Waals surface area contributed by atoms with Crippen molar-refractivity contribution in [3.05, 3.63) is 47.5 Å². The van der Waals surface area contributed by atoms with E-state index >= 15 is 0 Å². The molecule has 1 aliphatic rings. The molecular formula is C24H25N3O9. The van der Waals surface area contributed by atoms with Crippen molar-refractivity contribution in [3.63, 3.8) is 0 Å². The van der Waals surface area contributed by atoms with Crippen LogP contribution in [0.25, 0.3) is 0 Å². The lowest BCUT2D eigenvalue weighted by molar-refractivity contribution is -0.149. The van der Waals surface area contributed by atoms with E-state index in [4.69, 9.17) is 35.9 Å². The molecule has 1 atom stereocenters. The van der Waals surface area contributed by atoms with Crippen molar-refractivity contribution >= 4 is 35.3 Å². The fourth-order valence-corrected chi connectivity index (χ4v) is 3.58. The zero-order chi connectivity index (χ0) is 26.2. The van der Waals surface area contributed by atoms with Gasteiger partial charge in [0.15, 0.2) is 17.5 Å². The molecule has 190 valence electrons. The largest absolute Gasteiger partial charge is 0.489 e. The molecule has 12 nitrogen and oxygen atoms in total. The van der Waals surface area contributed by atoms with Crippen molar-refractivity contribution in [1.29, 1.82) is 0 Å². The molecule has 0 bridgehead atoms. The number of nitrogens with two attached hydrogens (primary N) is 2.